The fraction of sp³-hybridized carbons (Fsp3) is 0.240. The predicted molar refractivity (Wildman–Crippen MR) is 118 cm³/mol. The first-order valence-corrected chi connectivity index (χ1v) is 10.9. The van der Waals surface area contributed by atoms with Gasteiger partial charge in [-0.25, -0.2) is 4.39 Å². The molecular formula is C25H25FO2S. The molecule has 0 aliphatic rings. The van der Waals surface area contributed by atoms with Crippen molar-refractivity contribution < 1.29 is 14.3 Å². The number of unbranched alkanes of at least 4 members (excludes halogenated alkanes) is 2. The Bertz CT molecular complexity index is 923. The minimum absolute atomic E-state index is 0.150. The number of phenolic OH excluding ortho intramolecular Hbond substituents is 1. The van der Waals surface area contributed by atoms with Crippen molar-refractivity contribution in [2.24, 2.45) is 0 Å². The molecule has 150 valence electrons. The molecule has 0 amide bonds. The van der Waals surface area contributed by atoms with Crippen molar-refractivity contribution in [3.05, 3.63) is 84.2 Å². The molecule has 0 bridgehead atoms. The molecule has 0 fully saturated rings. The van der Waals surface area contributed by atoms with Gasteiger partial charge in [0.05, 0.1) is 0 Å². The van der Waals surface area contributed by atoms with Crippen molar-refractivity contribution in [1.29, 1.82) is 0 Å². The van der Waals surface area contributed by atoms with E-state index in [4.69, 9.17) is 0 Å². The van der Waals surface area contributed by atoms with Crippen LogP contribution in [0.5, 0.6) is 5.75 Å². The summed E-state index contributed by atoms with van der Waals surface area (Å²) in [7, 11) is 0. The zero-order valence-corrected chi connectivity index (χ0v) is 17.1. The molecule has 1 N–H and O–H groups in total. The molecule has 0 saturated carbocycles. The van der Waals surface area contributed by atoms with Gasteiger partial charge in [-0.1, -0.05) is 42.8 Å². The molecule has 0 aliphatic heterocycles. The molecule has 2 nitrogen and oxygen atoms in total. The number of phenols is 1. The van der Waals surface area contributed by atoms with Gasteiger partial charge in [0.2, 0.25) is 0 Å². The molecule has 0 aromatic heterocycles. The molecular weight excluding hydrogens is 383 g/mol. The van der Waals surface area contributed by atoms with Gasteiger partial charge in [-0.05, 0) is 66.1 Å². The lowest BCUT2D eigenvalue weighted by Crippen LogP contribution is -2.03. The smallest absolute Gasteiger partial charge is 0.137 e. The quantitative estimate of drug-likeness (QED) is 0.301. The van der Waals surface area contributed by atoms with Crippen LogP contribution in [0.1, 0.15) is 31.2 Å². The molecule has 0 saturated heterocycles. The van der Waals surface area contributed by atoms with Crippen molar-refractivity contribution in [3.8, 4) is 16.9 Å². The molecule has 3 aromatic rings. The highest BCUT2D eigenvalue weighted by atomic mass is 32.2. The molecule has 0 unspecified atom stereocenters. The third kappa shape index (κ3) is 6.75. The van der Waals surface area contributed by atoms with Crippen LogP contribution in [0, 0.1) is 5.82 Å². The molecule has 29 heavy (non-hydrogen) atoms. The predicted octanol–water partition coefficient (Wildman–Crippen LogP) is 6.66. The summed E-state index contributed by atoms with van der Waals surface area (Å²) in [6.45, 7) is 0. The van der Waals surface area contributed by atoms with Gasteiger partial charge in [-0.2, -0.15) is 0 Å². The summed E-state index contributed by atoms with van der Waals surface area (Å²) in [5, 5.41) is 10.1. The number of hydrogen-bond acceptors (Lipinski definition) is 3. The van der Waals surface area contributed by atoms with E-state index < -0.39 is 0 Å². The van der Waals surface area contributed by atoms with E-state index in [1.165, 1.54) is 12.1 Å². The number of halogens is 1. The van der Waals surface area contributed by atoms with Crippen molar-refractivity contribution in [3.63, 3.8) is 0 Å². The largest absolute Gasteiger partial charge is 0.508 e. The van der Waals surface area contributed by atoms with Crippen molar-refractivity contribution in [2.75, 3.05) is 5.75 Å². The SMILES string of the molecule is O=C(CCCCCSc1ccc(F)cc1)Cc1cc(-c2ccccc2)ccc1O. The molecule has 0 aliphatic carbocycles. The van der Waals surface area contributed by atoms with Gasteiger partial charge in [0.1, 0.15) is 17.3 Å². The minimum atomic E-state index is -0.215. The molecule has 0 radical (unpaired) electrons. The van der Waals surface area contributed by atoms with Gasteiger partial charge < -0.3 is 5.11 Å². The number of rotatable bonds is 10. The van der Waals surface area contributed by atoms with E-state index in [-0.39, 0.29) is 23.8 Å². The lowest BCUT2D eigenvalue weighted by atomic mass is 9.98. The Hall–Kier alpha value is -2.59. The molecule has 0 heterocycles. The molecule has 0 atom stereocenters. The third-order valence-corrected chi connectivity index (χ3v) is 5.85. The van der Waals surface area contributed by atoms with E-state index in [9.17, 15) is 14.3 Å². The second kappa shape index (κ2) is 10.8. The normalized spacial score (nSPS) is 10.8. The van der Waals surface area contributed by atoms with E-state index >= 15 is 0 Å². The van der Waals surface area contributed by atoms with Crippen molar-refractivity contribution in [2.45, 2.75) is 37.0 Å². The lowest BCUT2D eigenvalue weighted by molar-refractivity contribution is -0.118. The van der Waals surface area contributed by atoms with Gasteiger partial charge in [-0.15, -0.1) is 11.8 Å². The van der Waals surface area contributed by atoms with E-state index in [2.05, 4.69) is 0 Å². The minimum Gasteiger partial charge on any atom is -0.508 e. The van der Waals surface area contributed by atoms with Crippen LogP contribution >= 0.6 is 11.8 Å². The summed E-state index contributed by atoms with van der Waals surface area (Å²) < 4.78 is 12.9. The van der Waals surface area contributed by atoms with E-state index in [1.54, 1.807) is 30.0 Å². The number of aromatic hydroxyl groups is 1. The van der Waals surface area contributed by atoms with E-state index in [0.29, 0.717) is 12.0 Å². The zero-order valence-electron chi connectivity index (χ0n) is 16.3. The Balaban J connectivity index is 1.41. The first-order valence-electron chi connectivity index (χ1n) is 9.89. The van der Waals surface area contributed by atoms with Crippen LogP contribution < -0.4 is 0 Å². The Morgan fingerprint density at radius 2 is 1.62 bits per heavy atom. The Morgan fingerprint density at radius 1 is 0.862 bits per heavy atom. The number of carbonyl (C=O) groups is 1. The van der Waals surface area contributed by atoms with Gasteiger partial charge >= 0.3 is 0 Å². The van der Waals surface area contributed by atoms with Gasteiger partial charge in [0.25, 0.3) is 0 Å². The van der Waals surface area contributed by atoms with Crippen LogP contribution in [0.15, 0.2) is 77.7 Å². The fourth-order valence-electron chi connectivity index (χ4n) is 3.16. The summed E-state index contributed by atoms with van der Waals surface area (Å²) in [4.78, 5) is 13.4. The zero-order chi connectivity index (χ0) is 20.5. The second-order valence-corrected chi connectivity index (χ2v) is 8.21. The number of benzene rings is 3. The first-order chi connectivity index (χ1) is 14.1. The summed E-state index contributed by atoms with van der Waals surface area (Å²) in [5.74, 6) is 1.07. The summed E-state index contributed by atoms with van der Waals surface area (Å²) in [6.07, 6.45) is 3.63. The van der Waals surface area contributed by atoms with E-state index in [1.807, 2.05) is 42.5 Å². The van der Waals surface area contributed by atoms with Crippen LogP contribution in [0.2, 0.25) is 0 Å². The highest BCUT2D eigenvalue weighted by Crippen LogP contribution is 2.27. The van der Waals surface area contributed by atoms with Crippen molar-refractivity contribution in [1.82, 2.24) is 0 Å². The average Bonchev–Trinajstić information content (AvgIpc) is 2.74. The topological polar surface area (TPSA) is 37.3 Å². The number of ketones is 1. The fourth-order valence-corrected chi connectivity index (χ4v) is 4.07. The van der Waals surface area contributed by atoms with Gasteiger partial charge in [-0.3, -0.25) is 4.79 Å². The monoisotopic (exact) mass is 408 g/mol. The molecule has 0 spiro atoms. The maximum Gasteiger partial charge on any atom is 0.137 e. The summed E-state index contributed by atoms with van der Waals surface area (Å²) in [6, 6.07) is 21.9. The van der Waals surface area contributed by atoms with Gasteiger partial charge in [0, 0.05) is 23.3 Å². The van der Waals surface area contributed by atoms with Crippen LogP contribution in [0.3, 0.4) is 0 Å². The van der Waals surface area contributed by atoms with Crippen LogP contribution in [-0.4, -0.2) is 16.6 Å². The highest BCUT2D eigenvalue weighted by Gasteiger charge is 2.10. The van der Waals surface area contributed by atoms with Gasteiger partial charge in [0.15, 0.2) is 0 Å². The third-order valence-electron chi connectivity index (χ3n) is 4.76. The van der Waals surface area contributed by atoms with Crippen molar-refractivity contribution >= 4 is 17.5 Å². The molecule has 3 rings (SSSR count). The lowest BCUT2D eigenvalue weighted by Gasteiger charge is -2.08. The van der Waals surface area contributed by atoms with Crippen LogP contribution in [-0.2, 0) is 11.2 Å². The Labute approximate surface area is 175 Å². The molecule has 4 heteroatoms. The highest BCUT2D eigenvalue weighted by molar-refractivity contribution is 7.99. The number of Topliss-reactive ketones (excluding diaryl/α,β-unsaturated/α-hetero) is 1. The maximum atomic E-state index is 12.9. The average molecular weight is 409 g/mol. The standard InChI is InChI=1S/C25H25FO2S/c26-22-11-13-24(14-12-22)29-16-6-2-5-9-23(27)18-21-17-20(10-15-25(21)28)19-7-3-1-4-8-19/h1,3-4,7-8,10-15,17,28H,2,5-6,9,16,18H2. The van der Waals surface area contributed by atoms with E-state index in [0.717, 1.165) is 41.0 Å². The Morgan fingerprint density at radius 3 is 2.38 bits per heavy atom. The molecule has 3 aromatic carbocycles. The van der Waals surface area contributed by atoms with Crippen LogP contribution in [0.4, 0.5) is 4.39 Å². The van der Waals surface area contributed by atoms with Crippen LogP contribution in [0.25, 0.3) is 11.1 Å². The second-order valence-electron chi connectivity index (χ2n) is 7.04. The number of carbonyl (C=O) groups excluding carboxylic acids is 1. The summed E-state index contributed by atoms with van der Waals surface area (Å²) in [5.41, 5.74) is 2.76. The number of thioether (sulfide) groups is 1. The summed E-state index contributed by atoms with van der Waals surface area (Å²) >= 11 is 1.71. The maximum absolute atomic E-state index is 12.9. The first kappa shape index (κ1) is 21.1. The Kier molecular flexibility index (Phi) is 7.88. The number of hydrogen-bond donors (Lipinski definition) is 1.